The Morgan fingerprint density at radius 3 is 2.92 bits per heavy atom. The summed E-state index contributed by atoms with van der Waals surface area (Å²) in [5.41, 5.74) is 3.18. The number of rotatable bonds is 4. The number of H-pyrrole nitrogens is 1. The van der Waals surface area contributed by atoms with Crippen molar-refractivity contribution < 1.29 is 0 Å². The maximum atomic E-state index is 9.54. The predicted molar refractivity (Wildman–Crippen MR) is 93.1 cm³/mol. The topological polar surface area (TPSA) is 103 Å². The van der Waals surface area contributed by atoms with Crippen LogP contribution in [0.4, 0.5) is 11.6 Å². The smallest absolute Gasteiger partial charge is 0.227 e. The Morgan fingerprint density at radius 2 is 2.08 bits per heavy atom. The van der Waals surface area contributed by atoms with Crippen LogP contribution in [0.5, 0.6) is 0 Å². The number of nitrogens with zero attached hydrogens (tertiary/aromatic N) is 5. The molecule has 0 spiro atoms. The maximum Gasteiger partial charge on any atom is 0.227 e. The highest BCUT2D eigenvalue weighted by Crippen LogP contribution is 2.23. The summed E-state index contributed by atoms with van der Waals surface area (Å²) in [5, 5.41) is 20.7. The van der Waals surface area contributed by atoms with Gasteiger partial charge in [0.05, 0.1) is 23.5 Å². The first-order valence-corrected chi connectivity index (χ1v) is 7.66. The number of nitriles is 1. The van der Waals surface area contributed by atoms with Crippen LogP contribution in [0.2, 0.25) is 0 Å². The molecule has 1 atom stereocenters. The van der Waals surface area contributed by atoms with Crippen molar-refractivity contribution in [2.45, 2.75) is 5.92 Å². The van der Waals surface area contributed by atoms with E-state index in [1.54, 1.807) is 36.9 Å². The van der Waals surface area contributed by atoms with Crippen LogP contribution < -0.4 is 5.32 Å². The monoisotopic (exact) mass is 327 g/mol. The summed E-state index contributed by atoms with van der Waals surface area (Å²) >= 11 is 0. The van der Waals surface area contributed by atoms with Crippen LogP contribution in [0.25, 0.3) is 10.9 Å². The first kappa shape index (κ1) is 14.8. The molecule has 0 saturated heterocycles. The van der Waals surface area contributed by atoms with E-state index in [-0.39, 0.29) is 0 Å². The summed E-state index contributed by atoms with van der Waals surface area (Å²) in [6.45, 7) is 0. The van der Waals surface area contributed by atoms with E-state index < -0.39 is 5.92 Å². The van der Waals surface area contributed by atoms with Crippen LogP contribution >= 0.6 is 0 Å². The van der Waals surface area contributed by atoms with Crippen LogP contribution in [-0.2, 0) is 0 Å². The van der Waals surface area contributed by atoms with E-state index >= 15 is 0 Å². The molecule has 0 fully saturated rings. The third kappa shape index (κ3) is 3.01. The van der Waals surface area contributed by atoms with Gasteiger partial charge in [0.15, 0.2) is 0 Å². The lowest BCUT2D eigenvalue weighted by molar-refractivity contribution is 0.939. The highest BCUT2D eigenvalue weighted by Gasteiger charge is 2.16. The van der Waals surface area contributed by atoms with Crippen LogP contribution in [0.15, 0.2) is 61.2 Å². The van der Waals surface area contributed by atoms with Crippen molar-refractivity contribution >= 4 is 22.5 Å². The average molecular weight is 327 g/mol. The standard InChI is InChI=1S/C18H13N7/c19-9-15(12-2-1-6-20-10-12)16-5-7-21-18(24-16)23-14-4-3-13-11-22-25-17(13)8-14/h1-8,10-11,15H,(H,22,25)(H,21,23,24). The fourth-order valence-corrected chi connectivity index (χ4v) is 2.60. The average Bonchev–Trinajstić information content (AvgIpc) is 3.11. The molecule has 25 heavy (non-hydrogen) atoms. The first-order valence-electron chi connectivity index (χ1n) is 7.66. The van der Waals surface area contributed by atoms with Gasteiger partial charge < -0.3 is 5.32 Å². The number of benzene rings is 1. The zero-order valence-corrected chi connectivity index (χ0v) is 13.1. The van der Waals surface area contributed by atoms with Crippen LogP contribution in [0.1, 0.15) is 17.2 Å². The minimum atomic E-state index is -0.493. The molecular formula is C18H13N7. The number of fused-ring (bicyclic) bond motifs is 1. The Bertz CT molecular complexity index is 1050. The van der Waals surface area contributed by atoms with Crippen molar-refractivity contribution in [2.24, 2.45) is 0 Å². The van der Waals surface area contributed by atoms with E-state index in [9.17, 15) is 5.26 Å². The van der Waals surface area contributed by atoms with Crippen LogP contribution in [0.3, 0.4) is 0 Å². The molecule has 3 heterocycles. The Morgan fingerprint density at radius 1 is 1.12 bits per heavy atom. The van der Waals surface area contributed by atoms with E-state index in [0.717, 1.165) is 22.2 Å². The van der Waals surface area contributed by atoms with Gasteiger partial charge in [0.25, 0.3) is 0 Å². The summed E-state index contributed by atoms with van der Waals surface area (Å²) in [7, 11) is 0. The second-order valence-electron chi connectivity index (χ2n) is 5.45. The van der Waals surface area contributed by atoms with Gasteiger partial charge in [0.2, 0.25) is 5.95 Å². The third-order valence-corrected chi connectivity index (χ3v) is 3.82. The van der Waals surface area contributed by atoms with Gasteiger partial charge in [-0.2, -0.15) is 10.4 Å². The minimum Gasteiger partial charge on any atom is -0.324 e. The SMILES string of the molecule is N#CC(c1cccnc1)c1ccnc(Nc2ccc3cn[nH]c3c2)n1. The lowest BCUT2D eigenvalue weighted by atomic mass is 9.99. The highest BCUT2D eigenvalue weighted by molar-refractivity contribution is 5.82. The van der Waals surface area contributed by atoms with Crippen LogP contribution in [0, 0.1) is 11.3 Å². The molecule has 1 aromatic carbocycles. The number of aromatic nitrogens is 5. The van der Waals surface area contributed by atoms with Gasteiger partial charge in [-0.3, -0.25) is 10.1 Å². The second kappa shape index (κ2) is 6.37. The Labute approximate surface area is 143 Å². The molecule has 0 amide bonds. The third-order valence-electron chi connectivity index (χ3n) is 3.82. The molecule has 0 aliphatic heterocycles. The van der Waals surface area contributed by atoms with Gasteiger partial charge in [0.1, 0.15) is 5.92 Å². The Hall–Kier alpha value is -3.79. The summed E-state index contributed by atoms with van der Waals surface area (Å²) in [6.07, 6.45) is 6.76. The zero-order chi connectivity index (χ0) is 17.1. The summed E-state index contributed by atoms with van der Waals surface area (Å²) in [4.78, 5) is 12.8. The predicted octanol–water partition coefficient (Wildman–Crippen LogP) is 3.15. The Balaban J connectivity index is 1.63. The normalized spacial score (nSPS) is 11.8. The molecule has 2 N–H and O–H groups in total. The molecule has 0 bridgehead atoms. The molecule has 4 aromatic rings. The largest absolute Gasteiger partial charge is 0.324 e. The van der Waals surface area contributed by atoms with E-state index in [0.29, 0.717) is 11.6 Å². The van der Waals surface area contributed by atoms with E-state index in [1.165, 1.54) is 0 Å². The minimum absolute atomic E-state index is 0.431. The summed E-state index contributed by atoms with van der Waals surface area (Å²) in [6, 6.07) is 13.5. The second-order valence-corrected chi connectivity index (χ2v) is 5.45. The molecule has 1 unspecified atom stereocenters. The number of aromatic amines is 1. The molecule has 4 rings (SSSR count). The highest BCUT2D eigenvalue weighted by atomic mass is 15.1. The van der Waals surface area contributed by atoms with Crippen molar-refractivity contribution in [1.29, 1.82) is 5.26 Å². The van der Waals surface area contributed by atoms with Gasteiger partial charge in [-0.15, -0.1) is 0 Å². The van der Waals surface area contributed by atoms with E-state index in [4.69, 9.17) is 0 Å². The number of hydrogen-bond acceptors (Lipinski definition) is 6. The molecule has 7 nitrogen and oxygen atoms in total. The summed E-state index contributed by atoms with van der Waals surface area (Å²) < 4.78 is 0. The van der Waals surface area contributed by atoms with Crippen molar-refractivity contribution in [1.82, 2.24) is 25.1 Å². The fraction of sp³-hybridized carbons (Fsp3) is 0.0556. The number of nitrogens with one attached hydrogen (secondary N) is 2. The fourth-order valence-electron chi connectivity index (χ4n) is 2.60. The van der Waals surface area contributed by atoms with Gasteiger partial charge in [0, 0.05) is 29.7 Å². The van der Waals surface area contributed by atoms with Crippen molar-refractivity contribution in [2.75, 3.05) is 5.32 Å². The number of hydrogen-bond donors (Lipinski definition) is 2. The van der Waals surface area contributed by atoms with Gasteiger partial charge in [-0.25, -0.2) is 9.97 Å². The molecule has 0 aliphatic rings. The van der Waals surface area contributed by atoms with Crippen LogP contribution in [-0.4, -0.2) is 25.1 Å². The Kier molecular flexibility index (Phi) is 3.77. The lowest BCUT2D eigenvalue weighted by Gasteiger charge is -2.10. The molecule has 0 radical (unpaired) electrons. The van der Waals surface area contributed by atoms with E-state index in [1.807, 2.05) is 24.3 Å². The molecule has 7 heteroatoms. The molecular weight excluding hydrogens is 314 g/mol. The van der Waals surface area contributed by atoms with Gasteiger partial charge >= 0.3 is 0 Å². The van der Waals surface area contributed by atoms with Crippen molar-refractivity contribution in [3.8, 4) is 6.07 Å². The summed E-state index contributed by atoms with van der Waals surface area (Å²) in [5.74, 6) is -0.0622. The molecule has 3 aromatic heterocycles. The van der Waals surface area contributed by atoms with Gasteiger partial charge in [-0.1, -0.05) is 6.07 Å². The van der Waals surface area contributed by atoms with Crippen molar-refractivity contribution in [3.05, 3.63) is 72.4 Å². The quantitative estimate of drug-likeness (QED) is 0.597. The number of pyridine rings is 1. The van der Waals surface area contributed by atoms with Gasteiger partial charge in [-0.05, 0) is 35.9 Å². The van der Waals surface area contributed by atoms with E-state index in [2.05, 4.69) is 36.5 Å². The van der Waals surface area contributed by atoms with Crippen molar-refractivity contribution in [3.63, 3.8) is 0 Å². The molecule has 0 saturated carbocycles. The molecule has 120 valence electrons. The maximum absolute atomic E-state index is 9.54. The zero-order valence-electron chi connectivity index (χ0n) is 13.1. The lowest BCUT2D eigenvalue weighted by Crippen LogP contribution is -2.05. The molecule has 0 aliphatic carbocycles. The number of anilines is 2. The first-order chi connectivity index (χ1) is 12.3.